The van der Waals surface area contributed by atoms with Gasteiger partial charge in [-0.3, -0.25) is 19.4 Å². The molecule has 0 aliphatic carbocycles. The molecule has 8 nitrogen and oxygen atoms in total. The van der Waals surface area contributed by atoms with Gasteiger partial charge in [0.15, 0.2) is 0 Å². The van der Waals surface area contributed by atoms with Gasteiger partial charge in [0.2, 0.25) is 5.91 Å². The van der Waals surface area contributed by atoms with Crippen LogP contribution in [0.25, 0.3) is 0 Å². The first-order chi connectivity index (χ1) is 17.4. The predicted octanol–water partition coefficient (Wildman–Crippen LogP) is 2.34. The van der Waals surface area contributed by atoms with Crippen LogP contribution in [0.5, 0.6) is 5.75 Å². The van der Waals surface area contributed by atoms with Gasteiger partial charge in [-0.2, -0.15) is 0 Å². The van der Waals surface area contributed by atoms with Gasteiger partial charge in [-0.25, -0.2) is 0 Å². The van der Waals surface area contributed by atoms with Crippen LogP contribution in [0.2, 0.25) is 0 Å². The highest BCUT2D eigenvalue weighted by atomic mass is 16.5. The molecule has 0 radical (unpaired) electrons. The quantitative estimate of drug-likeness (QED) is 0.617. The maximum atomic E-state index is 13.0. The summed E-state index contributed by atoms with van der Waals surface area (Å²) >= 11 is 0. The van der Waals surface area contributed by atoms with Crippen molar-refractivity contribution in [1.29, 1.82) is 0 Å². The van der Waals surface area contributed by atoms with Crippen LogP contribution in [-0.4, -0.2) is 76.1 Å². The van der Waals surface area contributed by atoms with Crippen molar-refractivity contribution in [2.75, 3.05) is 26.2 Å². The van der Waals surface area contributed by atoms with Crippen molar-refractivity contribution < 1.29 is 19.4 Å². The number of ether oxygens (including phenoxy) is 1. The van der Waals surface area contributed by atoms with Gasteiger partial charge in [0.05, 0.1) is 12.6 Å². The average Bonchev–Trinajstić information content (AvgIpc) is 3.21. The zero-order valence-electron chi connectivity index (χ0n) is 21.2. The van der Waals surface area contributed by atoms with E-state index < -0.39 is 12.3 Å². The van der Waals surface area contributed by atoms with Crippen LogP contribution in [-0.2, 0) is 24.5 Å². The molecule has 36 heavy (non-hydrogen) atoms. The Morgan fingerprint density at radius 1 is 1.03 bits per heavy atom. The number of hydrogen-bond donors (Lipinski definition) is 2. The molecule has 3 aliphatic heterocycles. The molecule has 0 saturated carbocycles. The van der Waals surface area contributed by atoms with Crippen LogP contribution in [0.3, 0.4) is 0 Å². The summed E-state index contributed by atoms with van der Waals surface area (Å²) in [7, 11) is 0. The van der Waals surface area contributed by atoms with Gasteiger partial charge >= 0.3 is 0 Å². The summed E-state index contributed by atoms with van der Waals surface area (Å²) in [4.78, 5) is 31.3. The summed E-state index contributed by atoms with van der Waals surface area (Å²) in [5.41, 5.74) is 3.82. The third kappa shape index (κ3) is 5.26. The zero-order valence-corrected chi connectivity index (χ0v) is 21.2. The minimum absolute atomic E-state index is 0.130. The molecule has 2 unspecified atom stereocenters. The molecule has 2 N–H and O–H groups in total. The molecule has 5 rings (SSSR count). The number of benzene rings is 2. The fraction of sp³-hybridized carbons (Fsp3) is 0.500. The Morgan fingerprint density at radius 3 is 2.44 bits per heavy atom. The van der Waals surface area contributed by atoms with Crippen molar-refractivity contribution in [3.8, 4) is 5.75 Å². The SMILES string of the molecule is CC(C)N1CCN(Cc2ccc(COc3cccc4c3CN(C3CCC(=O)NC3O)C4=O)cc2)CC1. The monoisotopic (exact) mass is 492 g/mol. The maximum Gasteiger partial charge on any atom is 0.255 e. The first-order valence-electron chi connectivity index (χ1n) is 13.0. The van der Waals surface area contributed by atoms with E-state index in [1.54, 1.807) is 11.0 Å². The minimum atomic E-state index is -1.05. The number of rotatable bonds is 7. The van der Waals surface area contributed by atoms with Gasteiger partial charge in [0.25, 0.3) is 5.91 Å². The third-order valence-corrected chi connectivity index (χ3v) is 7.65. The van der Waals surface area contributed by atoms with Gasteiger partial charge in [0, 0.05) is 56.3 Å². The smallest absolute Gasteiger partial charge is 0.255 e. The fourth-order valence-electron chi connectivity index (χ4n) is 5.42. The molecule has 192 valence electrons. The average molecular weight is 493 g/mol. The van der Waals surface area contributed by atoms with E-state index in [2.05, 4.69) is 53.2 Å². The second-order valence-electron chi connectivity index (χ2n) is 10.3. The molecule has 0 aromatic heterocycles. The summed E-state index contributed by atoms with van der Waals surface area (Å²) in [5.74, 6) is 0.366. The summed E-state index contributed by atoms with van der Waals surface area (Å²) in [5, 5.41) is 12.9. The molecular weight excluding hydrogens is 456 g/mol. The Bertz CT molecular complexity index is 1100. The highest BCUT2D eigenvalue weighted by Gasteiger charge is 2.40. The number of carbonyl (C=O) groups excluding carboxylic acids is 2. The normalized spacial score (nSPS) is 23.2. The third-order valence-electron chi connectivity index (χ3n) is 7.65. The molecule has 3 aliphatic rings. The number of aliphatic hydroxyl groups is 1. The Kier molecular flexibility index (Phi) is 7.27. The lowest BCUT2D eigenvalue weighted by molar-refractivity contribution is -0.129. The first kappa shape index (κ1) is 24.7. The van der Waals surface area contributed by atoms with Gasteiger partial charge in [0.1, 0.15) is 18.6 Å². The van der Waals surface area contributed by atoms with E-state index in [0.717, 1.165) is 43.9 Å². The lowest BCUT2D eigenvalue weighted by Gasteiger charge is -2.36. The molecule has 3 heterocycles. The molecule has 2 aromatic rings. The minimum Gasteiger partial charge on any atom is -0.489 e. The number of fused-ring (bicyclic) bond motifs is 1. The molecule has 2 saturated heterocycles. The van der Waals surface area contributed by atoms with Gasteiger partial charge < -0.3 is 20.1 Å². The second-order valence-corrected chi connectivity index (χ2v) is 10.3. The van der Waals surface area contributed by atoms with Crippen molar-refractivity contribution in [2.24, 2.45) is 0 Å². The van der Waals surface area contributed by atoms with E-state index in [1.165, 1.54) is 5.56 Å². The molecule has 2 amide bonds. The number of nitrogens with zero attached hydrogens (tertiary/aromatic N) is 3. The van der Waals surface area contributed by atoms with Gasteiger partial charge in [-0.05, 0) is 43.5 Å². The van der Waals surface area contributed by atoms with Crippen LogP contribution in [0.1, 0.15) is 53.7 Å². The van der Waals surface area contributed by atoms with Crippen molar-refractivity contribution in [1.82, 2.24) is 20.0 Å². The van der Waals surface area contributed by atoms with Crippen LogP contribution >= 0.6 is 0 Å². The van der Waals surface area contributed by atoms with E-state index in [-0.39, 0.29) is 11.8 Å². The summed E-state index contributed by atoms with van der Waals surface area (Å²) in [6.07, 6.45) is -0.302. The molecule has 2 aromatic carbocycles. The van der Waals surface area contributed by atoms with E-state index in [4.69, 9.17) is 4.74 Å². The van der Waals surface area contributed by atoms with Gasteiger partial charge in [-0.1, -0.05) is 30.3 Å². The lowest BCUT2D eigenvalue weighted by Crippen LogP contribution is -2.55. The zero-order chi connectivity index (χ0) is 25.2. The Hall–Kier alpha value is -2.94. The number of hydrogen-bond acceptors (Lipinski definition) is 6. The highest BCUT2D eigenvalue weighted by molar-refractivity contribution is 5.99. The van der Waals surface area contributed by atoms with E-state index in [1.807, 2.05) is 12.1 Å². The first-order valence-corrected chi connectivity index (χ1v) is 13.0. The number of aliphatic hydroxyl groups excluding tert-OH is 1. The Labute approximate surface area is 212 Å². The summed E-state index contributed by atoms with van der Waals surface area (Å²) < 4.78 is 6.16. The van der Waals surface area contributed by atoms with Crippen LogP contribution in [0.15, 0.2) is 42.5 Å². The highest BCUT2D eigenvalue weighted by Crippen LogP contribution is 2.34. The number of amides is 2. The van der Waals surface area contributed by atoms with E-state index in [9.17, 15) is 14.7 Å². The summed E-state index contributed by atoms with van der Waals surface area (Å²) in [6.45, 7) is 10.7. The number of carbonyl (C=O) groups is 2. The number of nitrogens with one attached hydrogen (secondary N) is 1. The van der Waals surface area contributed by atoms with Crippen molar-refractivity contribution in [3.63, 3.8) is 0 Å². The van der Waals surface area contributed by atoms with Crippen LogP contribution in [0, 0.1) is 0 Å². The maximum absolute atomic E-state index is 13.0. The molecule has 2 fully saturated rings. The van der Waals surface area contributed by atoms with Crippen molar-refractivity contribution >= 4 is 11.8 Å². The van der Waals surface area contributed by atoms with Crippen molar-refractivity contribution in [2.45, 2.75) is 64.7 Å². The van der Waals surface area contributed by atoms with E-state index in [0.29, 0.717) is 43.3 Å². The Morgan fingerprint density at radius 2 is 1.75 bits per heavy atom. The van der Waals surface area contributed by atoms with Gasteiger partial charge in [-0.15, -0.1) is 0 Å². The topological polar surface area (TPSA) is 85.3 Å². The van der Waals surface area contributed by atoms with Crippen molar-refractivity contribution in [3.05, 3.63) is 64.7 Å². The largest absolute Gasteiger partial charge is 0.489 e. The molecule has 8 heteroatoms. The Balaban J connectivity index is 1.18. The van der Waals surface area contributed by atoms with Crippen LogP contribution in [0.4, 0.5) is 0 Å². The molecule has 0 bridgehead atoms. The summed E-state index contributed by atoms with van der Waals surface area (Å²) in [6, 6.07) is 14.3. The second kappa shape index (κ2) is 10.6. The fourth-order valence-corrected chi connectivity index (χ4v) is 5.42. The number of piperidine rings is 1. The molecule has 0 spiro atoms. The van der Waals surface area contributed by atoms with E-state index >= 15 is 0 Å². The predicted molar refractivity (Wildman–Crippen MR) is 136 cm³/mol. The standard InChI is InChI=1S/C28H36N4O4/c1-19(2)31-14-12-30(13-15-31)16-20-6-8-21(9-7-20)18-36-25-5-3-4-22-23(25)17-32(28(22)35)24-10-11-26(33)29-27(24)34/h3-9,19,24,27,34H,10-18H2,1-2H3,(H,29,33). The molecular formula is C28H36N4O4. The molecule has 2 atom stereocenters. The van der Waals surface area contributed by atoms with Crippen LogP contribution < -0.4 is 10.1 Å². The lowest BCUT2D eigenvalue weighted by atomic mass is 10.0. The number of piperazine rings is 1.